The maximum atomic E-state index is 11.8. The number of likely N-dealkylation sites (N-methyl/N-ethyl adjacent to an activating group) is 1. The lowest BCUT2D eigenvalue weighted by atomic mass is 9.68. The van der Waals surface area contributed by atoms with E-state index in [1.165, 1.54) is 11.8 Å². The smallest absolute Gasteiger partial charge is 0.208 e. The first-order valence-electron chi connectivity index (χ1n) is 9.83. The van der Waals surface area contributed by atoms with Crippen molar-refractivity contribution in [2.24, 2.45) is 0 Å². The largest absolute Gasteiger partial charge is 0.497 e. The Hall–Kier alpha value is -1.15. The summed E-state index contributed by atoms with van der Waals surface area (Å²) < 4.78 is 31.7. The standard InChI is InChI=1S/C20H33N3O3S/c1-22-11-13-23(14-12-22)18-7-9-20(10-8-18,16-21-27(3,24)25)17-5-4-6-19(15-17)26-2/h4-6,15,18,21H,7-14,16H2,1-3H3/t18-,20+. The molecule has 1 aliphatic heterocycles. The van der Waals surface area contributed by atoms with Gasteiger partial charge in [0.25, 0.3) is 0 Å². The second-order valence-electron chi connectivity index (χ2n) is 8.18. The van der Waals surface area contributed by atoms with Gasteiger partial charge in [0.15, 0.2) is 0 Å². The van der Waals surface area contributed by atoms with Gasteiger partial charge in [0.1, 0.15) is 5.75 Å². The molecule has 0 aromatic heterocycles. The van der Waals surface area contributed by atoms with Crippen LogP contribution < -0.4 is 9.46 Å². The Morgan fingerprint density at radius 3 is 2.44 bits per heavy atom. The summed E-state index contributed by atoms with van der Waals surface area (Å²) in [5.41, 5.74) is 1.01. The molecular formula is C20H33N3O3S. The zero-order chi connectivity index (χ0) is 19.5. The van der Waals surface area contributed by atoms with Crippen molar-refractivity contribution < 1.29 is 13.2 Å². The number of rotatable bonds is 6. The molecule has 1 aromatic rings. The average molecular weight is 396 g/mol. The van der Waals surface area contributed by atoms with E-state index in [2.05, 4.69) is 33.7 Å². The number of benzene rings is 1. The van der Waals surface area contributed by atoms with Crippen molar-refractivity contribution in [3.05, 3.63) is 29.8 Å². The summed E-state index contributed by atoms with van der Waals surface area (Å²) in [5.74, 6) is 0.826. The number of ether oxygens (including phenoxy) is 1. The number of hydrogen-bond donors (Lipinski definition) is 1. The molecule has 0 unspecified atom stereocenters. The highest BCUT2D eigenvalue weighted by Crippen LogP contribution is 2.41. The molecule has 3 rings (SSSR count). The fourth-order valence-electron chi connectivity index (χ4n) is 4.50. The Bertz CT molecular complexity index is 722. The lowest BCUT2D eigenvalue weighted by Gasteiger charge is -2.46. The first-order valence-corrected chi connectivity index (χ1v) is 11.7. The van der Waals surface area contributed by atoms with Gasteiger partial charge in [-0.1, -0.05) is 12.1 Å². The molecule has 6 nitrogen and oxygen atoms in total. The summed E-state index contributed by atoms with van der Waals surface area (Å²) in [4.78, 5) is 5.01. The van der Waals surface area contributed by atoms with Crippen molar-refractivity contribution in [1.29, 1.82) is 0 Å². The van der Waals surface area contributed by atoms with Crippen molar-refractivity contribution in [1.82, 2.24) is 14.5 Å². The molecule has 27 heavy (non-hydrogen) atoms. The molecule has 1 N–H and O–H groups in total. The highest BCUT2D eigenvalue weighted by Gasteiger charge is 2.39. The first-order chi connectivity index (χ1) is 12.8. The van der Waals surface area contributed by atoms with E-state index in [-0.39, 0.29) is 5.41 Å². The van der Waals surface area contributed by atoms with Gasteiger partial charge in [-0.2, -0.15) is 0 Å². The maximum Gasteiger partial charge on any atom is 0.208 e. The van der Waals surface area contributed by atoms with E-state index in [0.29, 0.717) is 12.6 Å². The minimum Gasteiger partial charge on any atom is -0.497 e. The molecule has 152 valence electrons. The SMILES string of the molecule is COc1cccc([C@]2(CNS(C)(=O)=O)CC[C@H](N3CCN(C)CC3)CC2)c1. The third-order valence-corrected chi connectivity index (χ3v) is 6.99. The topological polar surface area (TPSA) is 61.9 Å². The lowest BCUT2D eigenvalue weighted by molar-refractivity contribution is 0.0751. The molecule has 1 heterocycles. The minimum absolute atomic E-state index is 0.166. The van der Waals surface area contributed by atoms with Crippen LogP contribution in [0.3, 0.4) is 0 Å². The number of hydrogen-bond acceptors (Lipinski definition) is 5. The van der Waals surface area contributed by atoms with E-state index in [1.807, 2.05) is 12.1 Å². The third kappa shape index (κ3) is 5.22. The summed E-state index contributed by atoms with van der Waals surface area (Å²) in [6.07, 6.45) is 5.42. The van der Waals surface area contributed by atoms with Crippen molar-refractivity contribution in [3.8, 4) is 5.75 Å². The monoisotopic (exact) mass is 395 g/mol. The second kappa shape index (κ2) is 8.47. The molecule has 7 heteroatoms. The molecule has 1 saturated carbocycles. The van der Waals surface area contributed by atoms with Crippen LogP contribution in [0.1, 0.15) is 31.2 Å². The van der Waals surface area contributed by atoms with Crippen LogP contribution in [0.4, 0.5) is 0 Å². The van der Waals surface area contributed by atoms with Crippen molar-refractivity contribution in [2.75, 3.05) is 53.1 Å². The normalized spacial score (nSPS) is 28.2. The molecule has 0 spiro atoms. The van der Waals surface area contributed by atoms with Gasteiger partial charge in [-0.3, -0.25) is 4.90 Å². The van der Waals surface area contributed by atoms with Crippen LogP contribution in [0, 0.1) is 0 Å². The van der Waals surface area contributed by atoms with Crippen molar-refractivity contribution in [3.63, 3.8) is 0 Å². The van der Waals surface area contributed by atoms with Gasteiger partial charge in [0.2, 0.25) is 10.0 Å². The number of methoxy groups -OCH3 is 1. The Morgan fingerprint density at radius 2 is 1.85 bits per heavy atom. The summed E-state index contributed by atoms with van der Waals surface area (Å²) in [6.45, 7) is 4.98. The molecule has 1 aromatic carbocycles. The minimum atomic E-state index is -3.22. The Morgan fingerprint density at radius 1 is 1.19 bits per heavy atom. The zero-order valence-electron chi connectivity index (χ0n) is 16.8. The third-order valence-electron chi connectivity index (χ3n) is 6.32. The molecule has 0 radical (unpaired) electrons. The van der Waals surface area contributed by atoms with E-state index in [9.17, 15) is 8.42 Å². The fourth-order valence-corrected chi connectivity index (χ4v) is 5.04. The highest BCUT2D eigenvalue weighted by atomic mass is 32.2. The van der Waals surface area contributed by atoms with Crippen LogP contribution in [0.15, 0.2) is 24.3 Å². The maximum absolute atomic E-state index is 11.8. The van der Waals surface area contributed by atoms with E-state index in [0.717, 1.165) is 57.6 Å². The van der Waals surface area contributed by atoms with Crippen molar-refractivity contribution >= 4 is 10.0 Å². The molecule has 0 bridgehead atoms. The second-order valence-corrected chi connectivity index (χ2v) is 10.0. The number of nitrogens with one attached hydrogen (secondary N) is 1. The number of nitrogens with zero attached hydrogens (tertiary/aromatic N) is 2. The molecule has 1 saturated heterocycles. The molecule has 1 aliphatic carbocycles. The van der Waals surface area contributed by atoms with Gasteiger partial charge in [0.05, 0.1) is 13.4 Å². The molecule has 0 atom stereocenters. The summed E-state index contributed by atoms with van der Waals surface area (Å²) in [6, 6.07) is 8.73. The Kier molecular flexibility index (Phi) is 6.46. The van der Waals surface area contributed by atoms with Gasteiger partial charge in [-0.05, 0) is 50.4 Å². The van der Waals surface area contributed by atoms with Gasteiger partial charge in [-0.15, -0.1) is 0 Å². The van der Waals surface area contributed by atoms with Gasteiger partial charge >= 0.3 is 0 Å². The summed E-state index contributed by atoms with van der Waals surface area (Å²) >= 11 is 0. The zero-order valence-corrected chi connectivity index (χ0v) is 17.6. The predicted molar refractivity (Wildman–Crippen MR) is 109 cm³/mol. The van der Waals surface area contributed by atoms with Gasteiger partial charge in [-0.25, -0.2) is 13.1 Å². The molecule has 0 amide bonds. The van der Waals surface area contributed by atoms with Crippen LogP contribution in [-0.2, 0) is 15.4 Å². The van der Waals surface area contributed by atoms with Crippen molar-refractivity contribution in [2.45, 2.75) is 37.1 Å². The highest BCUT2D eigenvalue weighted by molar-refractivity contribution is 7.88. The Balaban J connectivity index is 1.76. The summed E-state index contributed by atoms with van der Waals surface area (Å²) in [7, 11) is 0.632. The van der Waals surface area contributed by atoms with Gasteiger partial charge in [0, 0.05) is 44.2 Å². The van der Waals surface area contributed by atoms with Crippen LogP contribution in [-0.4, -0.2) is 77.4 Å². The average Bonchev–Trinajstić information content (AvgIpc) is 2.67. The van der Waals surface area contributed by atoms with E-state index >= 15 is 0 Å². The van der Waals surface area contributed by atoms with Crippen LogP contribution in [0.25, 0.3) is 0 Å². The summed E-state index contributed by atoms with van der Waals surface area (Å²) in [5, 5.41) is 0. The predicted octanol–water partition coefficient (Wildman–Crippen LogP) is 1.67. The number of piperazine rings is 1. The molecule has 2 fully saturated rings. The quantitative estimate of drug-likeness (QED) is 0.794. The Labute approximate surface area is 163 Å². The van der Waals surface area contributed by atoms with E-state index in [1.54, 1.807) is 7.11 Å². The van der Waals surface area contributed by atoms with Crippen LogP contribution in [0.2, 0.25) is 0 Å². The molecule has 2 aliphatic rings. The van der Waals surface area contributed by atoms with Crippen LogP contribution >= 0.6 is 0 Å². The lowest BCUT2D eigenvalue weighted by Crippen LogP contribution is -2.52. The van der Waals surface area contributed by atoms with Gasteiger partial charge < -0.3 is 9.64 Å². The van der Waals surface area contributed by atoms with Crippen LogP contribution in [0.5, 0.6) is 5.75 Å². The van der Waals surface area contributed by atoms with E-state index in [4.69, 9.17) is 4.74 Å². The van der Waals surface area contributed by atoms with E-state index < -0.39 is 10.0 Å². The number of sulfonamides is 1. The fraction of sp³-hybridized carbons (Fsp3) is 0.700. The molecular weight excluding hydrogens is 362 g/mol. The first kappa shape index (κ1) is 20.6.